The molecule has 0 bridgehead atoms. The molecule has 3 heteroatoms. The number of hydrogen-bond donors (Lipinski definition) is 0. The lowest BCUT2D eigenvalue weighted by Crippen LogP contribution is -2.62. The minimum absolute atomic E-state index is 0.00134. The highest BCUT2D eigenvalue weighted by Crippen LogP contribution is 2.53. The van der Waals surface area contributed by atoms with E-state index in [1.165, 1.54) is 112 Å². The van der Waals surface area contributed by atoms with Crippen LogP contribution in [-0.4, -0.2) is 6.71 Å². The summed E-state index contributed by atoms with van der Waals surface area (Å²) in [6.07, 6.45) is 2.30. The third kappa shape index (κ3) is 8.89. The zero-order valence-corrected chi connectivity index (χ0v) is 49.6. The van der Waals surface area contributed by atoms with Crippen molar-refractivity contribution in [3.63, 3.8) is 0 Å². The molecule has 3 aliphatic rings. The number of anilines is 6. The van der Waals surface area contributed by atoms with Gasteiger partial charge in [-0.2, -0.15) is 0 Å². The van der Waals surface area contributed by atoms with E-state index in [-0.39, 0.29) is 44.6 Å². The number of fused-ring (bicyclic) bond motifs is 5. The molecular formula is C74H83BN2. The molecule has 392 valence electrons. The molecule has 2 nitrogen and oxygen atoms in total. The quantitative estimate of drug-likeness (QED) is 0.147. The molecule has 77 heavy (non-hydrogen) atoms. The van der Waals surface area contributed by atoms with Gasteiger partial charge in [0.15, 0.2) is 0 Å². The molecule has 0 atom stereocenters. The average molecular weight is 1010 g/mol. The Morgan fingerprint density at radius 1 is 0.351 bits per heavy atom. The fourth-order valence-electron chi connectivity index (χ4n) is 13.1. The SMILES string of the molecule is CC(C)(C)c1ccc(-c2cc(C(C)(C)C)ccc2N2c3cc4c(cc3B3c5cc(C(C)(C)c6ccccc6)ccc5N(c5ccc(C(C)(C)c6ccccc6)cc5)c5cc(C(C)(C)C)cc2c53)C(C)(C)CCC4(C)C)cc1. The minimum atomic E-state index is -0.247. The van der Waals surface area contributed by atoms with Gasteiger partial charge in [0.1, 0.15) is 0 Å². The number of rotatable bonds is 7. The topological polar surface area (TPSA) is 6.48 Å². The molecule has 0 amide bonds. The van der Waals surface area contributed by atoms with Crippen LogP contribution in [0, 0.1) is 0 Å². The molecule has 0 unspecified atom stereocenters. The van der Waals surface area contributed by atoms with Crippen molar-refractivity contribution in [2.45, 2.75) is 168 Å². The fraction of sp³-hybridized carbons (Fsp3) is 0.351. The monoisotopic (exact) mass is 1010 g/mol. The average Bonchev–Trinajstić information content (AvgIpc) is 3.53. The smallest absolute Gasteiger partial charge is 0.252 e. The molecule has 1 aliphatic carbocycles. The van der Waals surface area contributed by atoms with Gasteiger partial charge in [-0.15, -0.1) is 0 Å². The van der Waals surface area contributed by atoms with Crippen LogP contribution in [0.5, 0.6) is 0 Å². The maximum atomic E-state index is 2.73. The number of benzene rings is 8. The Morgan fingerprint density at radius 2 is 0.792 bits per heavy atom. The van der Waals surface area contributed by atoms with Crippen molar-refractivity contribution >= 4 is 57.2 Å². The first-order valence-corrected chi connectivity index (χ1v) is 28.7. The predicted octanol–water partition coefficient (Wildman–Crippen LogP) is 18.3. The zero-order chi connectivity index (χ0) is 55.0. The Hall–Kier alpha value is -6.58. The lowest BCUT2D eigenvalue weighted by molar-refractivity contribution is 0.332. The first kappa shape index (κ1) is 52.5. The van der Waals surface area contributed by atoms with Crippen molar-refractivity contribution in [1.82, 2.24) is 0 Å². The van der Waals surface area contributed by atoms with Crippen LogP contribution in [0.25, 0.3) is 11.1 Å². The van der Waals surface area contributed by atoms with Crippen molar-refractivity contribution in [1.29, 1.82) is 0 Å². The van der Waals surface area contributed by atoms with Crippen molar-refractivity contribution in [3.8, 4) is 11.1 Å². The summed E-state index contributed by atoms with van der Waals surface area (Å²) in [4.78, 5) is 5.35. The molecule has 0 saturated carbocycles. The normalized spacial score (nSPS) is 15.9. The maximum absolute atomic E-state index is 2.73. The second kappa shape index (κ2) is 18.0. The zero-order valence-electron chi connectivity index (χ0n) is 49.6. The van der Waals surface area contributed by atoms with Crippen LogP contribution in [-0.2, 0) is 37.9 Å². The molecule has 11 rings (SSSR count). The van der Waals surface area contributed by atoms with Crippen molar-refractivity contribution in [2.75, 3.05) is 9.80 Å². The number of hydrogen-bond acceptors (Lipinski definition) is 2. The Labute approximate surface area is 464 Å². The van der Waals surface area contributed by atoms with E-state index >= 15 is 0 Å². The lowest BCUT2D eigenvalue weighted by Gasteiger charge is -2.48. The first-order chi connectivity index (χ1) is 36.1. The summed E-state index contributed by atoms with van der Waals surface area (Å²) in [5.41, 5.74) is 25.7. The van der Waals surface area contributed by atoms with Crippen LogP contribution in [0.15, 0.2) is 170 Å². The van der Waals surface area contributed by atoms with E-state index in [0.29, 0.717) is 0 Å². The first-order valence-electron chi connectivity index (χ1n) is 28.7. The van der Waals surface area contributed by atoms with Crippen LogP contribution in [0.1, 0.15) is 181 Å². The highest BCUT2D eigenvalue weighted by molar-refractivity contribution is 7.00. The summed E-state index contributed by atoms with van der Waals surface area (Å²) in [6, 6.07) is 66.5. The van der Waals surface area contributed by atoms with E-state index in [4.69, 9.17) is 0 Å². The highest BCUT2D eigenvalue weighted by atomic mass is 15.2. The molecule has 0 aromatic heterocycles. The van der Waals surface area contributed by atoms with E-state index in [2.05, 4.69) is 297 Å². The maximum Gasteiger partial charge on any atom is 0.252 e. The van der Waals surface area contributed by atoms with Gasteiger partial charge >= 0.3 is 0 Å². The molecule has 8 aromatic rings. The molecule has 0 fully saturated rings. The van der Waals surface area contributed by atoms with E-state index in [1.54, 1.807) is 0 Å². The van der Waals surface area contributed by atoms with E-state index in [1.807, 2.05) is 0 Å². The Bertz CT molecular complexity index is 3550. The van der Waals surface area contributed by atoms with Crippen LogP contribution < -0.4 is 26.2 Å². The molecular weight excluding hydrogens is 928 g/mol. The molecule has 8 aromatic carbocycles. The van der Waals surface area contributed by atoms with Crippen LogP contribution in [0.4, 0.5) is 34.1 Å². The molecule has 0 N–H and O–H groups in total. The second-order valence-corrected chi connectivity index (χ2v) is 28.6. The van der Waals surface area contributed by atoms with Gasteiger partial charge in [0.05, 0.1) is 5.69 Å². The molecule has 2 aliphatic heterocycles. The van der Waals surface area contributed by atoms with E-state index in [9.17, 15) is 0 Å². The lowest BCUT2D eigenvalue weighted by atomic mass is 9.32. The van der Waals surface area contributed by atoms with Gasteiger partial charge in [-0.05, 0) is 160 Å². The Morgan fingerprint density at radius 3 is 1.34 bits per heavy atom. The summed E-state index contributed by atoms with van der Waals surface area (Å²) in [6.45, 7) is 40.6. The standard InChI is InChI=1S/C74H83BN2/c1-68(2,3)49-30-28-48(29-31-49)57-42-53(69(4,5)6)34-38-62(57)77-64-47-59-58(71(10,11)40-41-72(59,12)13)46-61(64)75-60-43-54(74(16,17)51-26-22-19-23-27-51)35-39-63(60)76(65-44-55(70(7,8)9)45-66(77)67(65)75)56-36-32-52(33-37-56)73(14,15)50-24-20-18-21-25-50/h18-39,42-47H,40-41H2,1-17H3. The number of nitrogens with zero attached hydrogens (tertiary/aromatic N) is 2. The Kier molecular flexibility index (Phi) is 12.3. The minimum Gasteiger partial charge on any atom is -0.311 e. The van der Waals surface area contributed by atoms with Gasteiger partial charge in [0, 0.05) is 44.8 Å². The van der Waals surface area contributed by atoms with E-state index < -0.39 is 0 Å². The summed E-state index contributed by atoms with van der Waals surface area (Å²) < 4.78 is 0. The largest absolute Gasteiger partial charge is 0.311 e. The van der Waals surface area contributed by atoms with Gasteiger partial charge in [0.2, 0.25) is 0 Å². The summed E-state index contributed by atoms with van der Waals surface area (Å²) in [7, 11) is 0. The van der Waals surface area contributed by atoms with Crippen LogP contribution in [0.3, 0.4) is 0 Å². The summed E-state index contributed by atoms with van der Waals surface area (Å²) in [5, 5.41) is 0. The molecule has 0 radical (unpaired) electrons. The van der Waals surface area contributed by atoms with Gasteiger partial charge in [-0.25, -0.2) is 0 Å². The molecule has 0 spiro atoms. The molecule has 0 saturated heterocycles. The third-order valence-corrected chi connectivity index (χ3v) is 18.6. The van der Waals surface area contributed by atoms with Crippen molar-refractivity contribution in [2.24, 2.45) is 0 Å². The summed E-state index contributed by atoms with van der Waals surface area (Å²) >= 11 is 0. The van der Waals surface area contributed by atoms with E-state index in [0.717, 1.165) is 12.8 Å². The Balaban J connectivity index is 1.26. The third-order valence-electron chi connectivity index (χ3n) is 18.6. The fourth-order valence-corrected chi connectivity index (χ4v) is 13.1. The summed E-state index contributed by atoms with van der Waals surface area (Å²) in [5.74, 6) is 0. The van der Waals surface area contributed by atoms with Gasteiger partial charge in [-0.1, -0.05) is 239 Å². The highest BCUT2D eigenvalue weighted by Gasteiger charge is 2.48. The van der Waals surface area contributed by atoms with Gasteiger partial charge in [0.25, 0.3) is 6.71 Å². The van der Waals surface area contributed by atoms with Gasteiger partial charge in [-0.3, -0.25) is 0 Å². The van der Waals surface area contributed by atoms with Crippen molar-refractivity contribution in [3.05, 3.63) is 220 Å². The van der Waals surface area contributed by atoms with Crippen LogP contribution >= 0.6 is 0 Å². The predicted molar refractivity (Wildman–Crippen MR) is 334 cm³/mol. The van der Waals surface area contributed by atoms with Gasteiger partial charge < -0.3 is 9.80 Å². The second-order valence-electron chi connectivity index (χ2n) is 28.6. The van der Waals surface area contributed by atoms with Crippen LogP contribution in [0.2, 0.25) is 0 Å². The van der Waals surface area contributed by atoms with Crippen molar-refractivity contribution < 1.29 is 0 Å². The molecule has 2 heterocycles.